The van der Waals surface area contributed by atoms with Gasteiger partial charge in [-0.05, 0) is 25.0 Å². The van der Waals surface area contributed by atoms with Crippen LogP contribution in [0.5, 0.6) is 0 Å². The molecule has 2 unspecified atom stereocenters. The van der Waals surface area contributed by atoms with Crippen molar-refractivity contribution in [2.45, 2.75) is 31.1 Å². The summed E-state index contributed by atoms with van der Waals surface area (Å²) in [5.74, 6) is -0.373. The average molecular weight is 300 g/mol. The Morgan fingerprint density at radius 2 is 2.05 bits per heavy atom. The fraction of sp³-hybridized carbons (Fsp3) is 0.385. The number of alkyl halides is 3. The van der Waals surface area contributed by atoms with Gasteiger partial charge in [-0.2, -0.15) is 13.2 Å². The molecule has 0 spiro atoms. The summed E-state index contributed by atoms with van der Waals surface area (Å²) in [6, 6.07) is 1.38. The Kier molecular flexibility index (Phi) is 4.29. The van der Waals surface area contributed by atoms with E-state index in [4.69, 9.17) is 11.5 Å². The third-order valence-electron chi connectivity index (χ3n) is 3.26. The fourth-order valence-corrected chi connectivity index (χ4v) is 1.98. The second kappa shape index (κ2) is 5.82. The van der Waals surface area contributed by atoms with Crippen molar-refractivity contribution < 1.29 is 18.0 Å². The van der Waals surface area contributed by atoms with Gasteiger partial charge in [-0.15, -0.1) is 0 Å². The summed E-state index contributed by atoms with van der Waals surface area (Å²) in [5, 5.41) is 2.44. The first kappa shape index (κ1) is 15.5. The van der Waals surface area contributed by atoms with E-state index in [-0.39, 0.29) is 11.9 Å². The third-order valence-corrected chi connectivity index (χ3v) is 3.26. The number of anilines is 1. The minimum atomic E-state index is -4.45. The molecule has 1 aromatic rings. The maximum absolute atomic E-state index is 12.4. The van der Waals surface area contributed by atoms with E-state index in [1.807, 2.05) is 0 Å². The van der Waals surface area contributed by atoms with Gasteiger partial charge in [0.05, 0.1) is 5.56 Å². The van der Waals surface area contributed by atoms with E-state index in [1.165, 1.54) is 0 Å². The molecule has 2 rings (SSSR count). The molecule has 1 aliphatic carbocycles. The van der Waals surface area contributed by atoms with Crippen molar-refractivity contribution in [2.24, 2.45) is 11.5 Å². The Morgan fingerprint density at radius 3 is 2.57 bits per heavy atom. The molecule has 0 bridgehead atoms. The molecule has 0 radical (unpaired) electrons. The van der Waals surface area contributed by atoms with Gasteiger partial charge in [0.2, 0.25) is 0 Å². The molecule has 0 aliphatic heterocycles. The topological polar surface area (TPSA) is 94.0 Å². The Labute approximate surface area is 119 Å². The zero-order valence-corrected chi connectivity index (χ0v) is 11.0. The molecule has 1 aromatic heterocycles. The number of nitrogens with two attached hydrogens (primary N) is 2. The number of aromatic nitrogens is 1. The second-order valence-electron chi connectivity index (χ2n) is 4.86. The van der Waals surface area contributed by atoms with Crippen LogP contribution in [0.2, 0.25) is 0 Å². The first-order valence-electron chi connectivity index (χ1n) is 6.34. The van der Waals surface area contributed by atoms with E-state index in [9.17, 15) is 18.0 Å². The number of pyridine rings is 1. The maximum Gasteiger partial charge on any atom is 0.417 e. The van der Waals surface area contributed by atoms with Gasteiger partial charge >= 0.3 is 6.18 Å². The number of nitrogens with zero attached hydrogens (tertiary/aromatic N) is 1. The van der Waals surface area contributed by atoms with Gasteiger partial charge in [0, 0.05) is 23.9 Å². The summed E-state index contributed by atoms with van der Waals surface area (Å²) in [6.45, 7) is 0. The van der Waals surface area contributed by atoms with E-state index in [0.717, 1.165) is 12.1 Å². The minimum Gasteiger partial charge on any atom is -0.326 e. The largest absolute Gasteiger partial charge is 0.417 e. The predicted octanol–water partition coefficient (Wildman–Crippen LogP) is 1.41. The van der Waals surface area contributed by atoms with Crippen LogP contribution in [0.25, 0.3) is 0 Å². The van der Waals surface area contributed by atoms with Crippen molar-refractivity contribution in [1.29, 1.82) is 0 Å². The van der Waals surface area contributed by atoms with Gasteiger partial charge in [-0.3, -0.25) is 4.79 Å². The summed E-state index contributed by atoms with van der Waals surface area (Å²) in [5.41, 5.74) is 11.1. The van der Waals surface area contributed by atoms with E-state index in [1.54, 1.807) is 6.08 Å². The molecule has 5 N–H and O–H groups in total. The number of hydrogen-bond acceptors (Lipinski definition) is 4. The molecule has 0 saturated carbocycles. The van der Waals surface area contributed by atoms with Gasteiger partial charge in [0.25, 0.3) is 5.91 Å². The zero-order chi connectivity index (χ0) is 15.6. The predicted molar refractivity (Wildman–Crippen MR) is 71.1 cm³/mol. The first-order valence-corrected chi connectivity index (χ1v) is 6.34. The summed E-state index contributed by atoms with van der Waals surface area (Å²) in [7, 11) is 0. The van der Waals surface area contributed by atoms with Gasteiger partial charge in [-0.25, -0.2) is 4.98 Å². The van der Waals surface area contributed by atoms with Crippen molar-refractivity contribution in [3.8, 4) is 0 Å². The molecule has 0 aromatic carbocycles. The van der Waals surface area contributed by atoms with Crippen molar-refractivity contribution in [3.63, 3.8) is 0 Å². The van der Waals surface area contributed by atoms with Crippen LogP contribution in [0.4, 0.5) is 19.0 Å². The molecule has 1 aliphatic rings. The highest BCUT2D eigenvalue weighted by Crippen LogP contribution is 2.29. The number of amides is 1. The fourth-order valence-electron chi connectivity index (χ4n) is 1.98. The summed E-state index contributed by atoms with van der Waals surface area (Å²) in [6.07, 6.45) is -1.15. The highest BCUT2D eigenvalue weighted by molar-refractivity contribution is 6.03. The van der Waals surface area contributed by atoms with Crippen molar-refractivity contribution in [3.05, 3.63) is 35.5 Å². The van der Waals surface area contributed by atoms with Crippen LogP contribution in [-0.2, 0) is 11.0 Å². The van der Waals surface area contributed by atoms with Crippen LogP contribution < -0.4 is 16.8 Å². The van der Waals surface area contributed by atoms with Gasteiger partial charge < -0.3 is 16.8 Å². The van der Waals surface area contributed by atoms with Crippen molar-refractivity contribution in [1.82, 2.24) is 4.98 Å². The molecule has 114 valence electrons. The van der Waals surface area contributed by atoms with Crippen molar-refractivity contribution >= 4 is 11.7 Å². The molecule has 1 heterocycles. The second-order valence-corrected chi connectivity index (χ2v) is 4.86. The number of rotatable bonds is 2. The number of nitrogens with one attached hydrogen (secondary N) is 1. The van der Waals surface area contributed by atoms with Crippen LogP contribution in [0, 0.1) is 0 Å². The lowest BCUT2D eigenvalue weighted by molar-refractivity contribution is -0.137. The highest BCUT2D eigenvalue weighted by atomic mass is 19.4. The molecule has 21 heavy (non-hydrogen) atoms. The molecule has 1 amide bonds. The lowest BCUT2D eigenvalue weighted by atomic mass is 9.92. The SMILES string of the molecule is NC1C=C(C(=O)Nc2ccc(C(F)(F)F)cn2)CCC1N. The van der Waals surface area contributed by atoms with Crippen LogP contribution in [0.3, 0.4) is 0 Å². The summed E-state index contributed by atoms with van der Waals surface area (Å²) >= 11 is 0. The Bertz CT molecular complexity index is 554. The van der Waals surface area contributed by atoms with Crippen LogP contribution in [0.1, 0.15) is 18.4 Å². The quantitative estimate of drug-likeness (QED) is 0.770. The number of halogens is 3. The summed E-state index contributed by atoms with van der Waals surface area (Å²) in [4.78, 5) is 15.5. The Hall–Kier alpha value is -1.93. The lowest BCUT2D eigenvalue weighted by Gasteiger charge is -2.23. The molecule has 2 atom stereocenters. The Balaban J connectivity index is 2.05. The molecule has 0 fully saturated rings. The molecule has 0 saturated heterocycles. The standard InChI is InChI=1S/C13H15F3N4O/c14-13(15,16)8-2-4-11(19-6-8)20-12(21)7-1-3-9(17)10(18)5-7/h2,4-6,9-10H,1,3,17-18H2,(H,19,20,21). The molecule has 5 nitrogen and oxygen atoms in total. The van der Waals surface area contributed by atoms with Gasteiger partial charge in [0.15, 0.2) is 0 Å². The molecule has 8 heteroatoms. The molecular weight excluding hydrogens is 285 g/mol. The third kappa shape index (κ3) is 3.79. The van der Waals surface area contributed by atoms with E-state index >= 15 is 0 Å². The minimum absolute atomic E-state index is 0.0531. The zero-order valence-electron chi connectivity index (χ0n) is 11.0. The van der Waals surface area contributed by atoms with Crippen LogP contribution >= 0.6 is 0 Å². The van der Waals surface area contributed by atoms with E-state index in [0.29, 0.717) is 24.6 Å². The monoisotopic (exact) mass is 300 g/mol. The number of hydrogen-bond donors (Lipinski definition) is 3. The smallest absolute Gasteiger partial charge is 0.326 e. The molecular formula is C13H15F3N4O. The van der Waals surface area contributed by atoms with Gasteiger partial charge in [-0.1, -0.05) is 6.08 Å². The Morgan fingerprint density at radius 1 is 1.33 bits per heavy atom. The van der Waals surface area contributed by atoms with E-state index < -0.39 is 23.7 Å². The number of carbonyl (C=O) groups excluding carboxylic acids is 1. The maximum atomic E-state index is 12.4. The van der Waals surface area contributed by atoms with Crippen LogP contribution in [0.15, 0.2) is 30.0 Å². The van der Waals surface area contributed by atoms with E-state index in [2.05, 4.69) is 10.3 Å². The number of carbonyl (C=O) groups is 1. The lowest BCUT2D eigenvalue weighted by Crippen LogP contribution is -2.43. The normalized spacial score (nSPS) is 22.6. The highest BCUT2D eigenvalue weighted by Gasteiger charge is 2.30. The summed E-state index contributed by atoms with van der Waals surface area (Å²) < 4.78 is 37.2. The van der Waals surface area contributed by atoms with Gasteiger partial charge in [0.1, 0.15) is 5.82 Å². The first-order chi connectivity index (χ1) is 9.77. The van der Waals surface area contributed by atoms with Crippen LogP contribution in [-0.4, -0.2) is 23.0 Å². The average Bonchev–Trinajstić information content (AvgIpc) is 2.41. The van der Waals surface area contributed by atoms with Crippen molar-refractivity contribution in [2.75, 3.05) is 5.32 Å².